The number of carbonyl (C=O) groups excluding carboxylic acids is 2. The number of carbonyl (C=O) groups is 3. The monoisotopic (exact) mass is 480 g/mol. The summed E-state index contributed by atoms with van der Waals surface area (Å²) in [6.07, 6.45) is 1.25. The third-order valence-corrected chi connectivity index (χ3v) is 6.37. The van der Waals surface area contributed by atoms with E-state index in [1.807, 2.05) is 45.0 Å². The number of fused-ring (bicyclic) bond motifs is 3. The molecule has 0 radical (unpaired) electrons. The van der Waals surface area contributed by atoms with E-state index in [9.17, 15) is 14.4 Å². The number of rotatable bonds is 12. The van der Waals surface area contributed by atoms with Crippen LogP contribution < -0.4 is 10.6 Å². The molecular weight excluding hydrogens is 444 g/mol. The molecule has 0 saturated carbocycles. The van der Waals surface area contributed by atoms with Gasteiger partial charge in [0.25, 0.3) is 0 Å². The molecule has 0 saturated heterocycles. The van der Waals surface area contributed by atoms with Crippen molar-refractivity contribution in [3.8, 4) is 11.1 Å². The average Bonchev–Trinajstić information content (AvgIpc) is 3.13. The second-order valence-electron chi connectivity index (χ2n) is 9.62. The lowest BCUT2D eigenvalue weighted by molar-refractivity contribution is -0.138. The van der Waals surface area contributed by atoms with Crippen LogP contribution in [0.5, 0.6) is 0 Å². The maximum Gasteiger partial charge on any atom is 0.407 e. The van der Waals surface area contributed by atoms with Gasteiger partial charge in [0.15, 0.2) is 0 Å². The average molecular weight is 481 g/mol. The Balaban J connectivity index is 1.58. The summed E-state index contributed by atoms with van der Waals surface area (Å²) in [5, 5.41) is 14.7. The number of nitrogens with one attached hydrogen (secondary N) is 2. The highest BCUT2D eigenvalue weighted by molar-refractivity contribution is 5.81. The molecule has 0 aromatic heterocycles. The fraction of sp³-hybridized carbons (Fsp3) is 0.464. The van der Waals surface area contributed by atoms with Crippen LogP contribution in [0.25, 0.3) is 11.1 Å². The van der Waals surface area contributed by atoms with Crippen molar-refractivity contribution in [2.24, 2.45) is 11.8 Å². The molecule has 0 aliphatic heterocycles. The van der Waals surface area contributed by atoms with Gasteiger partial charge in [-0.25, -0.2) is 4.79 Å². The molecule has 7 nitrogen and oxygen atoms in total. The minimum atomic E-state index is -0.944. The van der Waals surface area contributed by atoms with E-state index in [1.54, 1.807) is 0 Å². The van der Waals surface area contributed by atoms with Gasteiger partial charge in [-0.15, -0.1) is 0 Å². The van der Waals surface area contributed by atoms with Crippen molar-refractivity contribution in [3.63, 3.8) is 0 Å². The molecule has 2 aromatic carbocycles. The minimum absolute atomic E-state index is 0.0336. The van der Waals surface area contributed by atoms with Crippen LogP contribution in [0.2, 0.25) is 0 Å². The fourth-order valence-electron chi connectivity index (χ4n) is 4.81. The molecule has 0 heterocycles. The van der Waals surface area contributed by atoms with E-state index >= 15 is 0 Å². The van der Waals surface area contributed by atoms with Gasteiger partial charge < -0.3 is 20.5 Å². The lowest BCUT2D eigenvalue weighted by Crippen LogP contribution is -2.44. The van der Waals surface area contributed by atoms with Gasteiger partial charge in [0.2, 0.25) is 5.91 Å². The standard InChI is InChI=1S/C28H36N2O5/c1-4-9-20(15-26(31)32)30-27(33)19(14-18(2)3)16-29-28(34)35-17-25-23-12-7-5-10-21(23)22-11-6-8-13-24(22)25/h5-8,10-13,18-20,25H,4,9,14-17H2,1-3H3,(H,29,34)(H,30,33)(H,31,32). The zero-order valence-electron chi connectivity index (χ0n) is 20.8. The molecule has 0 fully saturated rings. The first kappa shape index (κ1) is 26.3. The van der Waals surface area contributed by atoms with Crippen LogP contribution in [0.3, 0.4) is 0 Å². The summed E-state index contributed by atoms with van der Waals surface area (Å²) in [4.78, 5) is 36.6. The van der Waals surface area contributed by atoms with E-state index in [0.29, 0.717) is 12.8 Å². The van der Waals surface area contributed by atoms with Crippen LogP contribution in [0.4, 0.5) is 4.79 Å². The summed E-state index contributed by atoms with van der Waals surface area (Å²) in [7, 11) is 0. The molecule has 0 spiro atoms. The Morgan fingerprint density at radius 1 is 1.00 bits per heavy atom. The van der Waals surface area contributed by atoms with Crippen molar-refractivity contribution in [3.05, 3.63) is 59.7 Å². The third kappa shape index (κ3) is 7.07. The topological polar surface area (TPSA) is 105 Å². The zero-order valence-corrected chi connectivity index (χ0v) is 20.8. The van der Waals surface area contributed by atoms with Crippen molar-refractivity contribution < 1.29 is 24.2 Å². The van der Waals surface area contributed by atoms with Gasteiger partial charge in [0, 0.05) is 18.5 Å². The minimum Gasteiger partial charge on any atom is -0.481 e. The van der Waals surface area contributed by atoms with Crippen LogP contribution in [0, 0.1) is 11.8 Å². The van der Waals surface area contributed by atoms with Crippen molar-refractivity contribution in [2.75, 3.05) is 13.2 Å². The molecule has 188 valence electrons. The van der Waals surface area contributed by atoms with Crippen molar-refractivity contribution in [1.82, 2.24) is 10.6 Å². The Hall–Kier alpha value is -3.35. The van der Waals surface area contributed by atoms with Gasteiger partial charge in [-0.05, 0) is 41.0 Å². The molecule has 3 rings (SSSR count). The predicted molar refractivity (Wildman–Crippen MR) is 135 cm³/mol. The number of hydrogen-bond acceptors (Lipinski definition) is 4. The molecule has 1 aliphatic rings. The van der Waals surface area contributed by atoms with E-state index in [1.165, 1.54) is 0 Å². The Kier molecular flexibility index (Phi) is 9.29. The van der Waals surface area contributed by atoms with Crippen LogP contribution in [0.1, 0.15) is 63.5 Å². The van der Waals surface area contributed by atoms with Crippen molar-refractivity contribution >= 4 is 18.0 Å². The molecule has 2 atom stereocenters. The summed E-state index contributed by atoms with van der Waals surface area (Å²) in [6, 6.07) is 15.9. The van der Waals surface area contributed by atoms with Gasteiger partial charge >= 0.3 is 12.1 Å². The molecule has 3 N–H and O–H groups in total. The molecule has 2 amide bonds. The highest BCUT2D eigenvalue weighted by Gasteiger charge is 2.29. The second-order valence-corrected chi connectivity index (χ2v) is 9.62. The first-order valence-electron chi connectivity index (χ1n) is 12.4. The van der Waals surface area contributed by atoms with Crippen LogP contribution in [-0.4, -0.2) is 42.3 Å². The van der Waals surface area contributed by atoms with E-state index in [4.69, 9.17) is 9.84 Å². The number of amides is 2. The van der Waals surface area contributed by atoms with E-state index < -0.39 is 24.0 Å². The summed E-state index contributed by atoms with van der Waals surface area (Å²) in [5.41, 5.74) is 4.60. The quantitative estimate of drug-likeness (QED) is 0.399. The summed E-state index contributed by atoms with van der Waals surface area (Å²) < 4.78 is 5.59. The molecular formula is C28H36N2O5. The number of alkyl carbamates (subject to hydrolysis) is 1. The van der Waals surface area contributed by atoms with E-state index in [2.05, 4.69) is 34.9 Å². The normalized spacial score (nSPS) is 14.1. The number of carboxylic acid groups (broad SMARTS) is 1. The Morgan fingerprint density at radius 2 is 1.60 bits per heavy atom. The Morgan fingerprint density at radius 3 is 2.14 bits per heavy atom. The van der Waals surface area contributed by atoms with Crippen LogP contribution in [0.15, 0.2) is 48.5 Å². The van der Waals surface area contributed by atoms with Gasteiger partial charge in [0.1, 0.15) is 6.61 Å². The largest absolute Gasteiger partial charge is 0.481 e. The molecule has 2 aromatic rings. The van der Waals surface area contributed by atoms with Gasteiger partial charge in [-0.1, -0.05) is 75.7 Å². The number of benzene rings is 2. The number of hydrogen-bond donors (Lipinski definition) is 3. The van der Waals surface area contributed by atoms with Crippen LogP contribution in [-0.2, 0) is 14.3 Å². The zero-order chi connectivity index (χ0) is 25.4. The maximum atomic E-state index is 12.9. The van der Waals surface area contributed by atoms with Gasteiger partial charge in [0.05, 0.1) is 12.3 Å². The highest BCUT2D eigenvalue weighted by Crippen LogP contribution is 2.44. The third-order valence-electron chi connectivity index (χ3n) is 6.37. The lowest BCUT2D eigenvalue weighted by Gasteiger charge is -2.23. The molecule has 1 aliphatic carbocycles. The molecule has 2 unspecified atom stereocenters. The lowest BCUT2D eigenvalue weighted by atomic mass is 9.95. The summed E-state index contributed by atoms with van der Waals surface area (Å²) in [6.45, 7) is 6.30. The Labute approximate surface area is 207 Å². The van der Waals surface area contributed by atoms with E-state index in [-0.39, 0.29) is 37.3 Å². The molecule has 0 bridgehead atoms. The second kappa shape index (κ2) is 12.4. The SMILES string of the molecule is CCCC(CC(=O)O)NC(=O)C(CNC(=O)OCC1c2ccccc2-c2ccccc21)CC(C)C. The maximum absolute atomic E-state index is 12.9. The van der Waals surface area contributed by atoms with Gasteiger partial charge in [-0.2, -0.15) is 0 Å². The number of ether oxygens (including phenoxy) is 1. The molecule has 35 heavy (non-hydrogen) atoms. The predicted octanol–water partition coefficient (Wildman–Crippen LogP) is 4.95. The Bertz CT molecular complexity index is 990. The summed E-state index contributed by atoms with van der Waals surface area (Å²) >= 11 is 0. The van der Waals surface area contributed by atoms with Crippen molar-refractivity contribution in [2.45, 2.75) is 58.4 Å². The van der Waals surface area contributed by atoms with Crippen molar-refractivity contribution in [1.29, 1.82) is 0 Å². The molecule has 7 heteroatoms. The smallest absolute Gasteiger partial charge is 0.407 e. The van der Waals surface area contributed by atoms with E-state index in [0.717, 1.165) is 28.7 Å². The first-order valence-corrected chi connectivity index (χ1v) is 12.4. The highest BCUT2D eigenvalue weighted by atomic mass is 16.5. The fourth-order valence-corrected chi connectivity index (χ4v) is 4.81. The summed E-state index contributed by atoms with van der Waals surface area (Å²) in [5.74, 6) is -1.45. The first-order chi connectivity index (χ1) is 16.8. The number of aliphatic carboxylic acids is 1. The van der Waals surface area contributed by atoms with Gasteiger partial charge in [-0.3, -0.25) is 9.59 Å². The number of carboxylic acids is 1. The van der Waals surface area contributed by atoms with Crippen LogP contribution >= 0.6 is 0 Å².